The number of hydrogen-bond donors (Lipinski definition) is 4. The van der Waals surface area contributed by atoms with Crippen molar-refractivity contribution in [1.82, 2.24) is 9.55 Å². The molecule has 2 heterocycles. The Morgan fingerprint density at radius 2 is 1.91 bits per heavy atom. The van der Waals surface area contributed by atoms with Gasteiger partial charge in [-0.05, 0) is 18.2 Å². The lowest BCUT2D eigenvalue weighted by atomic mass is 10.1. The van der Waals surface area contributed by atoms with Crippen LogP contribution in [0.15, 0.2) is 47.4 Å². The van der Waals surface area contributed by atoms with E-state index in [1.54, 1.807) is 6.07 Å². The third-order valence-electron chi connectivity index (χ3n) is 3.67. The Morgan fingerprint density at radius 3 is 2.52 bits per heavy atom. The summed E-state index contributed by atoms with van der Waals surface area (Å²) in [5.41, 5.74) is 0.144. The van der Waals surface area contributed by atoms with E-state index < -0.39 is 36.8 Å². The summed E-state index contributed by atoms with van der Waals surface area (Å²) in [4.78, 5) is 16.0. The summed E-state index contributed by atoms with van der Waals surface area (Å²) in [5, 5.41) is 31.8. The fraction of sp³-hybridized carbons (Fsp3) is 0.333. The molecule has 0 amide bonds. The molecule has 1 aliphatic heterocycles. The van der Waals surface area contributed by atoms with E-state index in [-0.39, 0.29) is 0 Å². The topological polar surface area (TPSA) is 117 Å². The molecule has 1 aromatic heterocycles. The summed E-state index contributed by atoms with van der Waals surface area (Å²) in [6.07, 6.45) is -3.20. The van der Waals surface area contributed by atoms with Gasteiger partial charge in [-0.25, -0.2) is 4.79 Å². The highest BCUT2D eigenvalue weighted by molar-refractivity contribution is 5.54. The Bertz CT molecular complexity index is 721. The molecule has 0 bridgehead atoms. The zero-order chi connectivity index (χ0) is 16.4. The van der Waals surface area contributed by atoms with Gasteiger partial charge in [0.05, 0.1) is 6.61 Å². The number of aromatic nitrogens is 2. The van der Waals surface area contributed by atoms with Crippen LogP contribution < -0.4 is 11.0 Å². The Morgan fingerprint density at radius 1 is 1.17 bits per heavy atom. The minimum Gasteiger partial charge on any atom is -0.394 e. The molecule has 0 aliphatic carbocycles. The molecule has 2 aromatic rings. The van der Waals surface area contributed by atoms with E-state index in [0.717, 1.165) is 10.3 Å². The van der Waals surface area contributed by atoms with E-state index in [1.807, 2.05) is 30.3 Å². The highest BCUT2D eigenvalue weighted by Crippen LogP contribution is 2.28. The summed E-state index contributed by atoms with van der Waals surface area (Å²) in [6, 6.07) is 10.8. The summed E-state index contributed by atoms with van der Waals surface area (Å²) >= 11 is 0. The van der Waals surface area contributed by atoms with Gasteiger partial charge in [0.2, 0.25) is 0 Å². The van der Waals surface area contributed by atoms with Gasteiger partial charge in [-0.3, -0.25) is 4.57 Å². The first-order valence-electron chi connectivity index (χ1n) is 7.14. The molecule has 23 heavy (non-hydrogen) atoms. The maximum Gasteiger partial charge on any atom is 0.351 e. The molecule has 1 unspecified atom stereocenters. The van der Waals surface area contributed by atoms with Crippen molar-refractivity contribution < 1.29 is 20.1 Å². The molecular formula is C15H17N3O5. The van der Waals surface area contributed by atoms with Crippen LogP contribution >= 0.6 is 0 Å². The lowest BCUT2D eigenvalue weighted by molar-refractivity contribution is -0.0549. The van der Waals surface area contributed by atoms with Crippen LogP contribution in [0.25, 0.3) is 0 Å². The zero-order valence-electron chi connectivity index (χ0n) is 12.1. The third kappa shape index (κ3) is 3.10. The number of ether oxygens (including phenoxy) is 1. The molecule has 4 atom stereocenters. The molecule has 1 aromatic carbocycles. The van der Waals surface area contributed by atoms with Gasteiger partial charge in [0.25, 0.3) is 0 Å². The van der Waals surface area contributed by atoms with Gasteiger partial charge in [0, 0.05) is 11.9 Å². The van der Waals surface area contributed by atoms with Crippen LogP contribution in [0.1, 0.15) is 6.23 Å². The van der Waals surface area contributed by atoms with Gasteiger partial charge in [0.15, 0.2) is 6.23 Å². The summed E-state index contributed by atoms with van der Waals surface area (Å²) in [7, 11) is 0. The fourth-order valence-electron chi connectivity index (χ4n) is 2.46. The van der Waals surface area contributed by atoms with Crippen LogP contribution in [-0.4, -0.2) is 49.8 Å². The van der Waals surface area contributed by atoms with Crippen LogP contribution in [0.4, 0.5) is 11.5 Å². The first-order chi connectivity index (χ1) is 11.1. The van der Waals surface area contributed by atoms with E-state index in [1.165, 1.54) is 6.20 Å². The van der Waals surface area contributed by atoms with Crippen LogP contribution in [0, 0.1) is 0 Å². The molecule has 8 heteroatoms. The van der Waals surface area contributed by atoms with Crippen LogP contribution in [0.5, 0.6) is 0 Å². The second kappa shape index (κ2) is 6.47. The van der Waals surface area contributed by atoms with E-state index in [4.69, 9.17) is 9.84 Å². The standard InChI is InChI=1S/C15H17N3O5/c19-8-10-12(20)13(21)14(23-10)18-7-6-11(17-15(18)22)16-9-4-2-1-3-5-9/h1-7,10,12-14,19-21H,8H2,(H,16,17,22)/t10-,12?,13+,14-/m1/s1. The summed E-state index contributed by atoms with van der Waals surface area (Å²) < 4.78 is 6.40. The van der Waals surface area contributed by atoms with Crippen molar-refractivity contribution in [1.29, 1.82) is 0 Å². The number of aliphatic hydroxyl groups excluding tert-OH is 3. The lowest BCUT2D eigenvalue weighted by Gasteiger charge is -2.17. The van der Waals surface area contributed by atoms with Crippen molar-refractivity contribution in [2.45, 2.75) is 24.5 Å². The minimum atomic E-state index is -1.32. The van der Waals surface area contributed by atoms with Gasteiger partial charge in [0.1, 0.15) is 24.1 Å². The van der Waals surface area contributed by atoms with Crippen LogP contribution in [-0.2, 0) is 4.74 Å². The lowest BCUT2D eigenvalue weighted by Crippen LogP contribution is -2.36. The smallest absolute Gasteiger partial charge is 0.351 e. The van der Waals surface area contributed by atoms with Gasteiger partial charge < -0.3 is 25.4 Å². The van der Waals surface area contributed by atoms with Crippen molar-refractivity contribution >= 4 is 11.5 Å². The highest BCUT2D eigenvalue weighted by atomic mass is 16.6. The highest BCUT2D eigenvalue weighted by Gasteiger charge is 2.43. The number of hydrogen-bond acceptors (Lipinski definition) is 7. The third-order valence-corrected chi connectivity index (χ3v) is 3.67. The molecular weight excluding hydrogens is 302 g/mol. The fourth-order valence-corrected chi connectivity index (χ4v) is 2.46. The van der Waals surface area contributed by atoms with E-state index in [9.17, 15) is 15.0 Å². The van der Waals surface area contributed by atoms with Crippen molar-refractivity contribution in [3.8, 4) is 0 Å². The monoisotopic (exact) mass is 319 g/mol. The van der Waals surface area contributed by atoms with Crippen LogP contribution in [0.2, 0.25) is 0 Å². The van der Waals surface area contributed by atoms with E-state index in [2.05, 4.69) is 10.3 Å². The maximum atomic E-state index is 12.1. The number of rotatable bonds is 4. The predicted octanol–water partition coefficient (Wildman–Crippen LogP) is -0.402. The zero-order valence-corrected chi connectivity index (χ0v) is 12.1. The van der Waals surface area contributed by atoms with Gasteiger partial charge in [-0.15, -0.1) is 0 Å². The molecule has 122 valence electrons. The van der Waals surface area contributed by atoms with Gasteiger partial charge >= 0.3 is 5.69 Å². The summed E-state index contributed by atoms with van der Waals surface area (Å²) in [6.45, 7) is -0.454. The van der Waals surface area contributed by atoms with E-state index >= 15 is 0 Å². The van der Waals surface area contributed by atoms with Crippen molar-refractivity contribution in [3.05, 3.63) is 53.1 Å². The SMILES string of the molecule is O=c1nc(Nc2ccccc2)ccn1[C@@H]1O[C@H](CO)C(O)[C@@H]1O. The van der Waals surface area contributed by atoms with Crippen molar-refractivity contribution in [2.75, 3.05) is 11.9 Å². The van der Waals surface area contributed by atoms with Crippen LogP contribution in [0.3, 0.4) is 0 Å². The summed E-state index contributed by atoms with van der Waals surface area (Å²) in [5.74, 6) is 0.351. The number of anilines is 2. The molecule has 0 radical (unpaired) electrons. The quantitative estimate of drug-likeness (QED) is 0.606. The largest absolute Gasteiger partial charge is 0.394 e. The molecule has 8 nitrogen and oxygen atoms in total. The Labute approximate surface area is 131 Å². The molecule has 0 spiro atoms. The molecule has 1 fully saturated rings. The number of nitrogens with one attached hydrogen (secondary N) is 1. The second-order valence-corrected chi connectivity index (χ2v) is 5.22. The maximum absolute atomic E-state index is 12.1. The molecule has 4 N–H and O–H groups in total. The average Bonchev–Trinajstić information content (AvgIpc) is 2.84. The van der Waals surface area contributed by atoms with Gasteiger partial charge in [-0.1, -0.05) is 18.2 Å². The Kier molecular flexibility index (Phi) is 4.39. The normalized spacial score (nSPS) is 27.1. The van der Waals surface area contributed by atoms with Gasteiger partial charge in [-0.2, -0.15) is 4.98 Å². The predicted molar refractivity (Wildman–Crippen MR) is 81.2 cm³/mol. The first-order valence-corrected chi connectivity index (χ1v) is 7.14. The molecule has 0 saturated carbocycles. The second-order valence-electron chi connectivity index (χ2n) is 5.22. The van der Waals surface area contributed by atoms with E-state index in [0.29, 0.717) is 5.82 Å². The average molecular weight is 319 g/mol. The number of para-hydroxylation sites is 1. The number of nitrogens with zero attached hydrogens (tertiary/aromatic N) is 2. The number of aliphatic hydroxyl groups is 3. The van der Waals surface area contributed by atoms with Crippen molar-refractivity contribution in [2.24, 2.45) is 0 Å². The number of benzene rings is 1. The Hall–Kier alpha value is -2.26. The molecule has 1 aliphatic rings. The first kappa shape index (κ1) is 15.6. The Balaban J connectivity index is 1.82. The molecule has 1 saturated heterocycles. The van der Waals surface area contributed by atoms with Crippen molar-refractivity contribution in [3.63, 3.8) is 0 Å². The minimum absolute atomic E-state index is 0.351. The molecule has 3 rings (SSSR count).